The molecule has 2 nitrogen and oxygen atoms in total. The van der Waals surface area contributed by atoms with E-state index in [0.29, 0.717) is 6.04 Å². The third-order valence-corrected chi connectivity index (χ3v) is 3.69. The summed E-state index contributed by atoms with van der Waals surface area (Å²) >= 11 is 0. The lowest BCUT2D eigenvalue weighted by Gasteiger charge is -2.19. The summed E-state index contributed by atoms with van der Waals surface area (Å²) in [4.78, 5) is 0. The van der Waals surface area contributed by atoms with Gasteiger partial charge in [-0.15, -0.1) is 0 Å². The summed E-state index contributed by atoms with van der Waals surface area (Å²) in [6.07, 6.45) is 5.65. The van der Waals surface area contributed by atoms with Gasteiger partial charge in [0, 0.05) is 17.4 Å². The van der Waals surface area contributed by atoms with Crippen LogP contribution in [0.1, 0.15) is 31.2 Å². The zero-order valence-electron chi connectivity index (χ0n) is 9.87. The van der Waals surface area contributed by atoms with Gasteiger partial charge >= 0.3 is 0 Å². The van der Waals surface area contributed by atoms with E-state index in [4.69, 9.17) is 5.73 Å². The van der Waals surface area contributed by atoms with E-state index in [-0.39, 0.29) is 0 Å². The molecule has 0 saturated heterocycles. The van der Waals surface area contributed by atoms with E-state index in [1.807, 2.05) is 6.07 Å². The highest BCUT2D eigenvalue weighted by molar-refractivity contribution is 5.57. The number of nitrogen functional groups attached to an aromatic ring is 1. The molecule has 3 rings (SSSR count). The lowest BCUT2D eigenvalue weighted by atomic mass is 10.1. The highest BCUT2D eigenvalue weighted by atomic mass is 15.0. The van der Waals surface area contributed by atoms with Crippen molar-refractivity contribution < 1.29 is 0 Å². The largest absolute Gasteiger partial charge is 0.399 e. The van der Waals surface area contributed by atoms with Gasteiger partial charge in [-0.2, -0.15) is 0 Å². The lowest BCUT2D eigenvalue weighted by Crippen LogP contribution is -2.24. The number of benzene rings is 1. The van der Waals surface area contributed by atoms with Crippen LogP contribution in [-0.4, -0.2) is 6.04 Å². The molecule has 0 aliphatic heterocycles. The molecule has 1 aromatic rings. The number of hydrogen-bond donors (Lipinski definition) is 2. The summed E-state index contributed by atoms with van der Waals surface area (Å²) in [7, 11) is 0. The fourth-order valence-electron chi connectivity index (χ4n) is 2.62. The van der Waals surface area contributed by atoms with Crippen molar-refractivity contribution in [3.8, 4) is 0 Å². The van der Waals surface area contributed by atoms with Gasteiger partial charge < -0.3 is 11.1 Å². The molecule has 2 saturated carbocycles. The van der Waals surface area contributed by atoms with E-state index >= 15 is 0 Å². The van der Waals surface area contributed by atoms with Crippen LogP contribution >= 0.6 is 0 Å². The van der Waals surface area contributed by atoms with E-state index in [1.54, 1.807) is 0 Å². The minimum atomic E-state index is 0.709. The van der Waals surface area contributed by atoms with Gasteiger partial charge in [-0.3, -0.25) is 0 Å². The molecule has 2 fully saturated rings. The van der Waals surface area contributed by atoms with Gasteiger partial charge in [0.15, 0.2) is 0 Å². The number of rotatable bonds is 4. The van der Waals surface area contributed by atoms with Crippen molar-refractivity contribution in [2.45, 2.75) is 38.6 Å². The zero-order chi connectivity index (χ0) is 11.1. The molecule has 2 heteroatoms. The molecule has 0 unspecified atom stereocenters. The second-order valence-electron chi connectivity index (χ2n) is 5.48. The number of nitrogens with one attached hydrogen (secondary N) is 1. The molecule has 0 amide bonds. The standard InChI is InChI=1S/C14H20N2/c1-9-6-12(15)8-13(7-9)16-14(10-2-3-10)11-4-5-11/h6-8,10-11,14,16H,2-5,15H2,1H3. The first-order valence-corrected chi connectivity index (χ1v) is 6.36. The third kappa shape index (κ3) is 2.16. The van der Waals surface area contributed by atoms with Gasteiger partial charge in [0.25, 0.3) is 0 Å². The van der Waals surface area contributed by atoms with Crippen LogP contribution in [0.15, 0.2) is 18.2 Å². The first-order chi connectivity index (χ1) is 7.72. The molecule has 0 aromatic heterocycles. The van der Waals surface area contributed by atoms with Crippen LogP contribution in [0.2, 0.25) is 0 Å². The Hall–Kier alpha value is -1.18. The van der Waals surface area contributed by atoms with Crippen LogP contribution in [0.25, 0.3) is 0 Å². The molecule has 0 spiro atoms. The normalized spacial score (nSPS) is 20.1. The summed E-state index contributed by atoms with van der Waals surface area (Å²) in [6, 6.07) is 6.99. The summed E-state index contributed by atoms with van der Waals surface area (Å²) in [5, 5.41) is 3.70. The molecular weight excluding hydrogens is 196 g/mol. The van der Waals surface area contributed by atoms with Crippen molar-refractivity contribution in [3.63, 3.8) is 0 Å². The molecule has 16 heavy (non-hydrogen) atoms. The first-order valence-electron chi connectivity index (χ1n) is 6.36. The fourth-order valence-corrected chi connectivity index (χ4v) is 2.62. The Kier molecular flexibility index (Phi) is 2.31. The van der Waals surface area contributed by atoms with Crippen LogP contribution in [-0.2, 0) is 0 Å². The smallest absolute Gasteiger partial charge is 0.0365 e. The van der Waals surface area contributed by atoms with Crippen molar-refractivity contribution >= 4 is 11.4 Å². The Bertz CT molecular complexity index is 359. The average molecular weight is 216 g/mol. The van der Waals surface area contributed by atoms with E-state index in [9.17, 15) is 0 Å². The van der Waals surface area contributed by atoms with E-state index in [1.165, 1.54) is 36.9 Å². The molecule has 3 N–H and O–H groups in total. The van der Waals surface area contributed by atoms with Gasteiger partial charge in [0.05, 0.1) is 0 Å². The molecule has 1 aromatic carbocycles. The molecule has 86 valence electrons. The van der Waals surface area contributed by atoms with Gasteiger partial charge in [0.2, 0.25) is 0 Å². The van der Waals surface area contributed by atoms with Crippen LogP contribution in [0, 0.1) is 18.8 Å². The fraction of sp³-hybridized carbons (Fsp3) is 0.571. The molecule has 2 aliphatic rings. The van der Waals surface area contributed by atoms with Crippen LogP contribution < -0.4 is 11.1 Å². The second-order valence-corrected chi connectivity index (χ2v) is 5.48. The first kappa shape index (κ1) is 10.0. The number of anilines is 2. The summed E-state index contributed by atoms with van der Waals surface area (Å²) in [5.74, 6) is 1.85. The van der Waals surface area contributed by atoms with Crippen LogP contribution in [0.3, 0.4) is 0 Å². The number of aryl methyl sites for hydroxylation is 1. The molecule has 0 radical (unpaired) electrons. The SMILES string of the molecule is Cc1cc(N)cc(NC(C2CC2)C2CC2)c1. The topological polar surface area (TPSA) is 38.0 Å². The predicted octanol–water partition coefficient (Wildman–Crippen LogP) is 3.18. The van der Waals surface area contributed by atoms with Crippen molar-refractivity contribution in [3.05, 3.63) is 23.8 Å². The Morgan fingerprint density at radius 2 is 1.75 bits per heavy atom. The summed E-state index contributed by atoms with van der Waals surface area (Å²) in [5.41, 5.74) is 9.20. The van der Waals surface area contributed by atoms with E-state index in [0.717, 1.165) is 17.5 Å². The predicted molar refractivity (Wildman–Crippen MR) is 68.5 cm³/mol. The summed E-state index contributed by atoms with van der Waals surface area (Å²) in [6.45, 7) is 2.10. The Morgan fingerprint density at radius 1 is 1.12 bits per heavy atom. The lowest BCUT2D eigenvalue weighted by molar-refractivity contribution is 0.568. The highest BCUT2D eigenvalue weighted by Crippen LogP contribution is 2.45. The highest BCUT2D eigenvalue weighted by Gasteiger charge is 2.41. The molecule has 2 aliphatic carbocycles. The van der Waals surface area contributed by atoms with E-state index in [2.05, 4.69) is 24.4 Å². The third-order valence-electron chi connectivity index (χ3n) is 3.69. The van der Waals surface area contributed by atoms with Gasteiger partial charge in [0.1, 0.15) is 0 Å². The average Bonchev–Trinajstić information content (AvgIpc) is 3.07. The van der Waals surface area contributed by atoms with E-state index < -0.39 is 0 Å². The maximum absolute atomic E-state index is 5.88. The quantitative estimate of drug-likeness (QED) is 0.759. The number of nitrogens with two attached hydrogens (primary N) is 1. The Balaban J connectivity index is 1.75. The molecule has 0 heterocycles. The molecular formula is C14H20N2. The monoisotopic (exact) mass is 216 g/mol. The van der Waals surface area contributed by atoms with Gasteiger partial charge in [-0.1, -0.05) is 0 Å². The van der Waals surface area contributed by atoms with Crippen LogP contribution in [0.4, 0.5) is 11.4 Å². The Morgan fingerprint density at radius 3 is 2.25 bits per heavy atom. The summed E-state index contributed by atoms with van der Waals surface area (Å²) < 4.78 is 0. The molecule has 0 bridgehead atoms. The second kappa shape index (κ2) is 3.69. The van der Waals surface area contributed by atoms with Crippen molar-refractivity contribution in [1.29, 1.82) is 0 Å². The van der Waals surface area contributed by atoms with Crippen molar-refractivity contribution in [1.82, 2.24) is 0 Å². The Labute approximate surface area is 97.2 Å². The maximum atomic E-state index is 5.88. The van der Waals surface area contributed by atoms with Crippen molar-refractivity contribution in [2.24, 2.45) is 11.8 Å². The van der Waals surface area contributed by atoms with Crippen LogP contribution in [0.5, 0.6) is 0 Å². The molecule has 0 atom stereocenters. The van der Waals surface area contributed by atoms with Gasteiger partial charge in [-0.25, -0.2) is 0 Å². The maximum Gasteiger partial charge on any atom is 0.0365 e. The van der Waals surface area contributed by atoms with Gasteiger partial charge in [-0.05, 0) is 68.2 Å². The minimum absolute atomic E-state index is 0.709. The van der Waals surface area contributed by atoms with Crippen molar-refractivity contribution in [2.75, 3.05) is 11.1 Å². The zero-order valence-corrected chi connectivity index (χ0v) is 9.87. The minimum Gasteiger partial charge on any atom is -0.399 e. The number of hydrogen-bond acceptors (Lipinski definition) is 2.